The quantitative estimate of drug-likeness (QED) is 0.139. The van der Waals surface area contributed by atoms with Crippen LogP contribution >= 0.6 is 0 Å². The van der Waals surface area contributed by atoms with E-state index in [9.17, 15) is 0 Å². The van der Waals surface area contributed by atoms with Crippen molar-refractivity contribution in [3.63, 3.8) is 0 Å². The second-order valence-electron chi connectivity index (χ2n) is 9.75. The molecule has 0 aromatic heterocycles. The van der Waals surface area contributed by atoms with Crippen LogP contribution in [-0.2, 0) is 0 Å². The van der Waals surface area contributed by atoms with Gasteiger partial charge in [0.25, 0.3) is 0 Å². The van der Waals surface area contributed by atoms with Crippen LogP contribution in [0.2, 0.25) is 0 Å². The van der Waals surface area contributed by atoms with E-state index in [1.165, 1.54) is 146 Å². The van der Waals surface area contributed by atoms with E-state index in [1.54, 1.807) is 0 Å². The zero-order valence-electron chi connectivity index (χ0n) is 20.4. The van der Waals surface area contributed by atoms with E-state index in [0.717, 1.165) is 0 Å². The highest BCUT2D eigenvalue weighted by Crippen LogP contribution is 2.14. The molecule has 0 saturated heterocycles. The number of rotatable bonds is 22. The first-order valence-corrected chi connectivity index (χ1v) is 12.9. The maximum absolute atomic E-state index is 2.44. The summed E-state index contributed by atoms with van der Waals surface area (Å²) in [6, 6.07) is 0. The molecule has 28 heavy (non-hydrogen) atoms. The van der Waals surface area contributed by atoms with Gasteiger partial charge in [-0.15, -0.1) is 0 Å². The van der Waals surface area contributed by atoms with Gasteiger partial charge >= 0.3 is 0 Å². The van der Waals surface area contributed by atoms with Crippen molar-refractivity contribution >= 4 is 0 Å². The third-order valence-electron chi connectivity index (χ3n) is 6.23. The van der Waals surface area contributed by atoms with Crippen molar-refractivity contribution in [2.75, 3.05) is 27.2 Å². The van der Waals surface area contributed by atoms with Crippen molar-refractivity contribution in [2.45, 2.75) is 142 Å². The molecule has 0 N–H and O–H groups in total. The molecule has 0 aliphatic rings. The Morgan fingerprint density at radius 2 is 0.571 bits per heavy atom. The van der Waals surface area contributed by atoms with Crippen LogP contribution in [0.25, 0.3) is 0 Å². The Balaban J connectivity index is 0. The van der Waals surface area contributed by atoms with Gasteiger partial charge in [0.15, 0.2) is 0 Å². The lowest BCUT2D eigenvalue weighted by molar-refractivity contribution is -0.890. The van der Waals surface area contributed by atoms with Gasteiger partial charge in [-0.05, 0) is 25.7 Å². The minimum atomic E-state index is 0. The summed E-state index contributed by atoms with van der Waals surface area (Å²) >= 11 is 0. The molecule has 0 bridgehead atoms. The third-order valence-corrected chi connectivity index (χ3v) is 6.23. The Bertz CT molecular complexity index is 278. The number of hydrogen-bond donors (Lipinski definition) is 0. The van der Waals surface area contributed by atoms with Crippen LogP contribution in [0.5, 0.6) is 0 Å². The first kappa shape index (κ1) is 30.6. The van der Waals surface area contributed by atoms with E-state index >= 15 is 0 Å². The van der Waals surface area contributed by atoms with E-state index in [0.29, 0.717) is 0 Å². The van der Waals surface area contributed by atoms with Crippen LogP contribution in [0, 0.1) is 0 Å². The van der Waals surface area contributed by atoms with Crippen LogP contribution in [0.4, 0.5) is 0 Å². The minimum absolute atomic E-state index is 0. The number of quaternary nitrogens is 1. The fourth-order valence-electron chi connectivity index (χ4n) is 4.17. The molecule has 0 saturated carbocycles. The number of nitrogens with zero attached hydrogens (tertiary/aromatic N) is 1. The van der Waals surface area contributed by atoms with Crippen LogP contribution in [-0.4, -0.2) is 31.7 Å². The van der Waals surface area contributed by atoms with E-state index in [4.69, 9.17) is 0 Å². The highest BCUT2D eigenvalue weighted by molar-refractivity contribution is 4.50. The lowest BCUT2D eigenvalue weighted by Gasteiger charge is -2.30. The second kappa shape index (κ2) is 23.7. The highest BCUT2D eigenvalue weighted by Gasteiger charge is 2.13. The van der Waals surface area contributed by atoms with E-state index < -0.39 is 0 Å². The summed E-state index contributed by atoms with van der Waals surface area (Å²) in [7, 11) is 4.88. The Morgan fingerprint density at radius 1 is 0.357 bits per heavy atom. The fourth-order valence-corrected chi connectivity index (χ4v) is 4.17. The molecule has 1 nitrogen and oxygen atoms in total. The van der Waals surface area contributed by atoms with Gasteiger partial charge in [0.2, 0.25) is 0 Å². The normalized spacial score (nSPS) is 11.6. The van der Waals surface area contributed by atoms with Gasteiger partial charge in [0, 0.05) is 0 Å². The third kappa shape index (κ3) is 24.5. The first-order valence-electron chi connectivity index (χ1n) is 12.9. The van der Waals surface area contributed by atoms with Gasteiger partial charge in [-0.1, -0.05) is 117 Å². The molecule has 0 aliphatic carbocycles. The van der Waals surface area contributed by atoms with Gasteiger partial charge in [-0.3, -0.25) is 0 Å². The molecule has 0 aromatic carbocycles. The predicted octanol–water partition coefficient (Wildman–Crippen LogP) is 5.91. The molecular weight excluding hydrogens is 406 g/mol. The summed E-state index contributed by atoms with van der Waals surface area (Å²) in [5, 5.41) is 0. The van der Waals surface area contributed by atoms with Gasteiger partial charge in [-0.2, -0.15) is 0 Å². The van der Waals surface area contributed by atoms with Gasteiger partial charge in [0.1, 0.15) is 0 Å². The highest BCUT2D eigenvalue weighted by atomic mass is 79.9. The first-order chi connectivity index (χ1) is 13.1. The van der Waals surface area contributed by atoms with E-state index in [-0.39, 0.29) is 17.0 Å². The summed E-state index contributed by atoms with van der Waals surface area (Å²) in [6.07, 6.45) is 29.0. The largest absolute Gasteiger partial charge is 1.00 e. The molecule has 0 amide bonds. The predicted molar refractivity (Wildman–Crippen MR) is 126 cm³/mol. The van der Waals surface area contributed by atoms with Gasteiger partial charge in [-0.25, -0.2) is 0 Å². The summed E-state index contributed by atoms with van der Waals surface area (Å²) < 4.78 is 1.24. The summed E-state index contributed by atoms with van der Waals surface area (Å²) in [5.41, 5.74) is 0. The second-order valence-corrected chi connectivity index (χ2v) is 9.75. The lowest BCUT2D eigenvalue weighted by atomic mass is 10.0. The van der Waals surface area contributed by atoms with Crippen molar-refractivity contribution in [2.24, 2.45) is 0 Å². The monoisotopic (exact) mass is 461 g/mol. The Labute approximate surface area is 190 Å². The molecule has 172 valence electrons. The maximum atomic E-state index is 2.44. The molecule has 2 heteroatoms. The van der Waals surface area contributed by atoms with Crippen LogP contribution in [0.15, 0.2) is 0 Å². The van der Waals surface area contributed by atoms with Crippen molar-refractivity contribution in [3.8, 4) is 0 Å². The van der Waals surface area contributed by atoms with Crippen molar-refractivity contribution in [1.82, 2.24) is 0 Å². The summed E-state index contributed by atoms with van der Waals surface area (Å²) in [5.74, 6) is 0. The molecule has 0 aliphatic heterocycles. The smallest absolute Gasteiger partial charge is 0.0782 e. The molecule has 0 aromatic rings. The van der Waals surface area contributed by atoms with Crippen LogP contribution < -0.4 is 17.0 Å². The number of hydrogen-bond acceptors (Lipinski definition) is 0. The minimum Gasteiger partial charge on any atom is -1.00 e. The summed E-state index contributed by atoms with van der Waals surface area (Å²) in [4.78, 5) is 0. The number of halogens is 1. The van der Waals surface area contributed by atoms with Crippen LogP contribution in [0.1, 0.15) is 142 Å². The zero-order chi connectivity index (χ0) is 20.1. The van der Waals surface area contributed by atoms with Crippen molar-refractivity contribution in [3.05, 3.63) is 0 Å². The fraction of sp³-hybridized carbons (Fsp3) is 1.00. The van der Waals surface area contributed by atoms with Crippen LogP contribution in [0.3, 0.4) is 0 Å². The molecule has 0 radical (unpaired) electrons. The molecule has 0 atom stereocenters. The van der Waals surface area contributed by atoms with Gasteiger partial charge < -0.3 is 21.5 Å². The van der Waals surface area contributed by atoms with E-state index in [2.05, 4.69) is 27.9 Å². The van der Waals surface area contributed by atoms with Crippen molar-refractivity contribution in [1.29, 1.82) is 0 Å². The topological polar surface area (TPSA) is 0 Å². The molecule has 0 rings (SSSR count). The molecular formula is C26H56BrN. The molecule has 0 heterocycles. The average molecular weight is 463 g/mol. The SMILES string of the molecule is CCCCCCCCCCCCCCCC[N+](C)(C)CCCCCCCC.[Br-]. The molecule has 0 spiro atoms. The average Bonchev–Trinajstić information content (AvgIpc) is 2.65. The Kier molecular flexibility index (Phi) is 25.9. The lowest BCUT2D eigenvalue weighted by Crippen LogP contribution is -3.00. The number of unbranched alkanes of at least 4 members (excludes halogenated alkanes) is 18. The van der Waals surface area contributed by atoms with Gasteiger partial charge in [0.05, 0.1) is 27.2 Å². The molecule has 0 unspecified atom stereocenters. The van der Waals surface area contributed by atoms with Crippen molar-refractivity contribution < 1.29 is 21.5 Å². The standard InChI is InChI=1S/C26H56N.BrH/c1-5-7-9-11-13-14-15-16-17-18-19-20-22-24-26-27(3,4)25-23-21-12-10-8-6-2;/h5-26H2,1-4H3;1H/q+1;/p-1. The zero-order valence-corrected chi connectivity index (χ0v) is 22.0. The Morgan fingerprint density at radius 3 is 0.821 bits per heavy atom. The summed E-state index contributed by atoms with van der Waals surface area (Å²) in [6.45, 7) is 7.37. The Hall–Kier alpha value is 0.440. The van der Waals surface area contributed by atoms with E-state index in [1.807, 2.05) is 0 Å². The maximum Gasteiger partial charge on any atom is 0.0782 e. The molecule has 0 fully saturated rings.